The maximum absolute atomic E-state index is 12.3. The summed E-state index contributed by atoms with van der Waals surface area (Å²) in [7, 11) is 0. The Morgan fingerprint density at radius 3 is 2.77 bits per heavy atom. The lowest BCUT2D eigenvalue weighted by atomic mass is 10.0. The van der Waals surface area contributed by atoms with Crippen LogP contribution >= 0.6 is 11.6 Å². The van der Waals surface area contributed by atoms with Crippen LogP contribution in [-0.2, 0) is 30.6 Å². The minimum absolute atomic E-state index is 0.00572. The fourth-order valence-corrected chi connectivity index (χ4v) is 3.86. The minimum Gasteiger partial charge on any atom is -0.489 e. The highest BCUT2D eigenvalue weighted by molar-refractivity contribution is 6.32. The topological polar surface area (TPSA) is 47.6 Å². The number of hydrogen-bond acceptors (Lipinski definition) is 3. The molecule has 0 fully saturated rings. The van der Waals surface area contributed by atoms with Crippen LogP contribution in [0.4, 0.5) is 0 Å². The maximum Gasteiger partial charge on any atom is 0.224 e. The van der Waals surface area contributed by atoms with Gasteiger partial charge in [0, 0.05) is 13.0 Å². The number of carbonyl (C=O) groups excluding carboxylic acids is 1. The van der Waals surface area contributed by atoms with Gasteiger partial charge in [0.2, 0.25) is 5.91 Å². The maximum atomic E-state index is 12.3. The smallest absolute Gasteiger partial charge is 0.224 e. The lowest BCUT2D eigenvalue weighted by molar-refractivity contribution is -0.120. The molecule has 1 amide bonds. The summed E-state index contributed by atoms with van der Waals surface area (Å²) >= 11 is 6.30. The van der Waals surface area contributed by atoms with Crippen molar-refractivity contribution in [2.75, 3.05) is 13.2 Å². The summed E-state index contributed by atoms with van der Waals surface area (Å²) in [6, 6.07) is 10.1. The predicted molar refractivity (Wildman–Crippen MR) is 101 cm³/mol. The standard InChI is InChI=1S/C21H22ClNO3/c22-18-10-15(11-19-21(18)26-8-2-7-25-19)13-23-20(24)12-14-5-6-16-3-1-4-17(16)9-14/h5-6,9-11H,1-4,7-8,12-13H2,(H,23,24). The fourth-order valence-electron chi connectivity index (χ4n) is 3.57. The number of hydrogen-bond donors (Lipinski definition) is 1. The van der Waals surface area contributed by atoms with Gasteiger partial charge in [0.15, 0.2) is 11.5 Å². The Morgan fingerprint density at radius 2 is 1.85 bits per heavy atom. The van der Waals surface area contributed by atoms with Gasteiger partial charge in [-0.05, 0) is 53.6 Å². The van der Waals surface area contributed by atoms with Crippen LogP contribution in [0.5, 0.6) is 11.5 Å². The number of aryl methyl sites for hydroxylation is 2. The highest BCUT2D eigenvalue weighted by Crippen LogP contribution is 2.37. The quantitative estimate of drug-likeness (QED) is 0.888. The Morgan fingerprint density at radius 1 is 1.00 bits per heavy atom. The summed E-state index contributed by atoms with van der Waals surface area (Å²) in [6.07, 6.45) is 4.73. The second kappa shape index (κ2) is 7.58. The molecular formula is C21H22ClNO3. The van der Waals surface area contributed by atoms with Gasteiger partial charge in [0.05, 0.1) is 24.7 Å². The van der Waals surface area contributed by atoms with Crippen molar-refractivity contribution in [1.82, 2.24) is 5.32 Å². The zero-order valence-electron chi connectivity index (χ0n) is 14.6. The van der Waals surface area contributed by atoms with Crippen molar-refractivity contribution in [3.8, 4) is 11.5 Å². The van der Waals surface area contributed by atoms with E-state index in [0.29, 0.717) is 42.7 Å². The average molecular weight is 372 g/mol. The SMILES string of the molecule is O=C(Cc1ccc2c(c1)CCC2)NCc1cc(Cl)c2c(c1)OCCCO2. The second-order valence-corrected chi connectivity index (χ2v) is 7.27. The molecule has 1 aliphatic heterocycles. The molecule has 0 spiro atoms. The normalized spacial score (nSPS) is 15.3. The number of carbonyl (C=O) groups is 1. The van der Waals surface area contributed by atoms with E-state index >= 15 is 0 Å². The van der Waals surface area contributed by atoms with Gasteiger partial charge in [-0.25, -0.2) is 0 Å². The van der Waals surface area contributed by atoms with Gasteiger partial charge in [0.25, 0.3) is 0 Å². The molecule has 0 unspecified atom stereocenters. The summed E-state index contributed by atoms with van der Waals surface area (Å²) < 4.78 is 11.3. The van der Waals surface area contributed by atoms with Crippen LogP contribution in [0, 0.1) is 0 Å². The van der Waals surface area contributed by atoms with Crippen molar-refractivity contribution in [2.24, 2.45) is 0 Å². The number of nitrogens with one attached hydrogen (secondary N) is 1. The van der Waals surface area contributed by atoms with Gasteiger partial charge in [-0.15, -0.1) is 0 Å². The molecule has 0 saturated heterocycles. The zero-order chi connectivity index (χ0) is 17.9. The highest BCUT2D eigenvalue weighted by atomic mass is 35.5. The lowest BCUT2D eigenvalue weighted by Crippen LogP contribution is -2.24. The number of fused-ring (bicyclic) bond motifs is 2. The third-order valence-electron chi connectivity index (χ3n) is 4.88. The van der Waals surface area contributed by atoms with E-state index in [-0.39, 0.29) is 5.91 Å². The van der Waals surface area contributed by atoms with E-state index in [0.717, 1.165) is 30.4 Å². The van der Waals surface area contributed by atoms with E-state index < -0.39 is 0 Å². The molecule has 0 atom stereocenters. The molecule has 0 saturated carbocycles. The van der Waals surface area contributed by atoms with E-state index in [1.807, 2.05) is 12.1 Å². The summed E-state index contributed by atoms with van der Waals surface area (Å²) in [5.41, 5.74) is 4.79. The van der Waals surface area contributed by atoms with E-state index in [1.165, 1.54) is 17.5 Å². The number of ether oxygens (including phenoxy) is 2. The fraction of sp³-hybridized carbons (Fsp3) is 0.381. The molecule has 5 heteroatoms. The zero-order valence-corrected chi connectivity index (χ0v) is 15.4. The van der Waals surface area contributed by atoms with Crippen LogP contribution in [0.3, 0.4) is 0 Å². The number of benzene rings is 2. The predicted octanol–water partition coefficient (Wildman–Crippen LogP) is 3.85. The van der Waals surface area contributed by atoms with Crippen LogP contribution in [0.15, 0.2) is 30.3 Å². The molecule has 1 N–H and O–H groups in total. The van der Waals surface area contributed by atoms with Crippen molar-refractivity contribution in [2.45, 2.75) is 38.6 Å². The van der Waals surface area contributed by atoms with Gasteiger partial charge < -0.3 is 14.8 Å². The molecule has 0 radical (unpaired) electrons. The van der Waals surface area contributed by atoms with Gasteiger partial charge in [-0.2, -0.15) is 0 Å². The van der Waals surface area contributed by atoms with Crippen molar-refractivity contribution < 1.29 is 14.3 Å². The van der Waals surface area contributed by atoms with Crippen molar-refractivity contribution in [3.63, 3.8) is 0 Å². The first kappa shape index (κ1) is 17.2. The van der Waals surface area contributed by atoms with Crippen LogP contribution in [0.1, 0.15) is 35.1 Å². The van der Waals surface area contributed by atoms with Crippen molar-refractivity contribution in [3.05, 3.63) is 57.6 Å². The number of amides is 1. The van der Waals surface area contributed by atoms with E-state index in [1.54, 1.807) is 0 Å². The third kappa shape index (κ3) is 3.80. The Hall–Kier alpha value is -2.20. The summed E-state index contributed by atoms with van der Waals surface area (Å²) in [6.45, 7) is 1.63. The Labute approximate surface area is 158 Å². The molecule has 0 bridgehead atoms. The van der Waals surface area contributed by atoms with Crippen LogP contribution < -0.4 is 14.8 Å². The average Bonchev–Trinajstić information content (AvgIpc) is 2.96. The molecule has 4 rings (SSSR count). The van der Waals surface area contributed by atoms with E-state index in [9.17, 15) is 4.79 Å². The highest BCUT2D eigenvalue weighted by Gasteiger charge is 2.16. The van der Waals surface area contributed by atoms with E-state index in [4.69, 9.17) is 21.1 Å². The molecule has 0 aromatic heterocycles. The van der Waals surface area contributed by atoms with E-state index in [2.05, 4.69) is 23.5 Å². The molecule has 2 aromatic rings. The van der Waals surface area contributed by atoms with Crippen LogP contribution in [-0.4, -0.2) is 19.1 Å². The third-order valence-corrected chi connectivity index (χ3v) is 5.16. The molecule has 26 heavy (non-hydrogen) atoms. The molecule has 2 aliphatic rings. The largest absolute Gasteiger partial charge is 0.489 e. The van der Waals surface area contributed by atoms with Crippen molar-refractivity contribution in [1.29, 1.82) is 0 Å². The van der Waals surface area contributed by atoms with Gasteiger partial charge in [-0.3, -0.25) is 4.79 Å². The molecule has 136 valence electrons. The molecular weight excluding hydrogens is 350 g/mol. The monoisotopic (exact) mass is 371 g/mol. The lowest BCUT2D eigenvalue weighted by Gasteiger charge is -2.12. The Balaban J connectivity index is 1.38. The molecule has 4 nitrogen and oxygen atoms in total. The first-order valence-electron chi connectivity index (χ1n) is 9.14. The van der Waals surface area contributed by atoms with Gasteiger partial charge in [0.1, 0.15) is 0 Å². The molecule has 2 aromatic carbocycles. The van der Waals surface area contributed by atoms with Gasteiger partial charge in [-0.1, -0.05) is 29.8 Å². The second-order valence-electron chi connectivity index (χ2n) is 6.87. The Kier molecular flexibility index (Phi) is 5.02. The Bertz CT molecular complexity index is 834. The van der Waals surface area contributed by atoms with Crippen LogP contribution in [0.25, 0.3) is 0 Å². The number of halogens is 1. The first-order valence-corrected chi connectivity index (χ1v) is 9.52. The van der Waals surface area contributed by atoms with Gasteiger partial charge >= 0.3 is 0 Å². The summed E-state index contributed by atoms with van der Waals surface area (Å²) in [5.74, 6) is 1.25. The first-order chi connectivity index (χ1) is 12.7. The summed E-state index contributed by atoms with van der Waals surface area (Å²) in [4.78, 5) is 12.3. The molecule has 1 aliphatic carbocycles. The van der Waals surface area contributed by atoms with Crippen molar-refractivity contribution >= 4 is 17.5 Å². The minimum atomic E-state index is 0.00572. The number of rotatable bonds is 4. The molecule has 1 heterocycles. The van der Waals surface area contributed by atoms with Crippen LogP contribution in [0.2, 0.25) is 5.02 Å². The summed E-state index contributed by atoms with van der Waals surface area (Å²) in [5, 5.41) is 3.49.